The number of aliphatic imine (C=N–C) groups is 1. The van der Waals surface area contributed by atoms with Crippen molar-refractivity contribution in [3.63, 3.8) is 0 Å². The molecule has 0 amide bonds. The van der Waals surface area contributed by atoms with E-state index in [9.17, 15) is 9.59 Å². The second-order valence-electron chi connectivity index (χ2n) is 7.19. The number of nitrogens with zero attached hydrogens (tertiary/aromatic N) is 3. The lowest BCUT2D eigenvalue weighted by Crippen LogP contribution is -1.99. The van der Waals surface area contributed by atoms with Crippen LogP contribution in [0.2, 0.25) is 0 Å². The molecule has 164 valence electrons. The Morgan fingerprint density at radius 3 is 2.55 bits per heavy atom. The van der Waals surface area contributed by atoms with Crippen LogP contribution in [0.5, 0.6) is 0 Å². The molecule has 0 spiro atoms. The summed E-state index contributed by atoms with van der Waals surface area (Å²) < 4.78 is 0. The number of carbonyl (C=O) groups excluding carboxylic acids is 2. The smallest absolute Gasteiger partial charge is 0.227 e. The number of nitrogens with one attached hydrogen (secondary N) is 2. The number of rotatable bonds is 6. The van der Waals surface area contributed by atoms with Crippen molar-refractivity contribution in [2.75, 3.05) is 5.32 Å². The average Bonchev–Trinajstić information content (AvgIpc) is 3.14. The second-order valence-corrected chi connectivity index (χ2v) is 7.19. The molecule has 0 aliphatic heterocycles. The van der Waals surface area contributed by atoms with Gasteiger partial charge in [-0.2, -0.15) is 0 Å². The Kier molecular flexibility index (Phi) is 8.37. The van der Waals surface area contributed by atoms with Crippen molar-refractivity contribution >= 4 is 46.0 Å². The van der Waals surface area contributed by atoms with Crippen LogP contribution in [0.3, 0.4) is 0 Å². The maximum absolute atomic E-state index is 11.6. The molecule has 0 aliphatic carbocycles. The van der Waals surface area contributed by atoms with Crippen molar-refractivity contribution in [2.24, 2.45) is 4.99 Å². The molecule has 0 aliphatic rings. The largest absolute Gasteiger partial charge is 0.352 e. The number of aromatic nitrogens is 3. The maximum Gasteiger partial charge on any atom is 0.227 e. The second kappa shape index (κ2) is 11.0. The molecule has 2 heterocycles. The molecule has 7 nitrogen and oxygen atoms in total. The third-order valence-corrected chi connectivity index (χ3v) is 4.17. The Bertz CT molecular complexity index is 1140. The van der Waals surface area contributed by atoms with Crippen molar-refractivity contribution in [3.05, 3.63) is 53.5 Å². The van der Waals surface area contributed by atoms with E-state index < -0.39 is 0 Å². The monoisotopic (exact) mass is 421 g/mol. The van der Waals surface area contributed by atoms with Gasteiger partial charge in [-0.25, -0.2) is 9.97 Å². The average molecular weight is 422 g/mol. The number of hydrogen-bond acceptors (Lipinski definition) is 6. The van der Waals surface area contributed by atoms with Crippen LogP contribution in [-0.4, -0.2) is 32.7 Å². The molecule has 2 aromatic heterocycles. The molecule has 1 aromatic carbocycles. The number of anilines is 2. The Hall–Kier alpha value is -3.61. The van der Waals surface area contributed by atoms with Gasteiger partial charge in [0.1, 0.15) is 5.78 Å². The van der Waals surface area contributed by atoms with E-state index in [1.54, 1.807) is 13.1 Å². The van der Waals surface area contributed by atoms with Gasteiger partial charge in [-0.3, -0.25) is 9.79 Å². The number of ketones is 2. The predicted octanol–water partition coefficient (Wildman–Crippen LogP) is 5.90. The van der Waals surface area contributed by atoms with E-state index >= 15 is 0 Å². The summed E-state index contributed by atoms with van der Waals surface area (Å²) in [5.41, 5.74) is 5.05. The van der Waals surface area contributed by atoms with Gasteiger partial charge in [-0.05, 0) is 63.9 Å². The number of aromatic amines is 1. The van der Waals surface area contributed by atoms with Crippen molar-refractivity contribution < 1.29 is 11.0 Å². The van der Waals surface area contributed by atoms with Gasteiger partial charge in [0.2, 0.25) is 5.95 Å². The van der Waals surface area contributed by atoms with E-state index in [0.717, 1.165) is 40.0 Å². The van der Waals surface area contributed by atoms with E-state index in [2.05, 4.69) is 25.3 Å². The van der Waals surface area contributed by atoms with E-state index in [4.69, 9.17) is 0 Å². The van der Waals surface area contributed by atoms with Gasteiger partial charge in [0.25, 0.3) is 0 Å². The van der Waals surface area contributed by atoms with Crippen molar-refractivity contribution in [1.82, 2.24) is 15.0 Å². The first-order chi connectivity index (χ1) is 14.7. The fourth-order valence-corrected chi connectivity index (χ4v) is 2.86. The van der Waals surface area contributed by atoms with Gasteiger partial charge in [-0.15, -0.1) is 0 Å². The Balaban J connectivity index is 0.000000945. The van der Waals surface area contributed by atoms with Gasteiger partial charge >= 0.3 is 0 Å². The molecule has 0 fully saturated rings. The topological polar surface area (TPSA) is 100 Å². The highest BCUT2D eigenvalue weighted by Gasteiger charge is 2.10. The minimum absolute atomic E-state index is 0. The Labute approximate surface area is 184 Å². The first-order valence-corrected chi connectivity index (χ1v) is 10.2. The molecule has 0 unspecified atom stereocenters. The van der Waals surface area contributed by atoms with Gasteiger partial charge in [0.15, 0.2) is 5.78 Å². The molecule has 0 bridgehead atoms. The van der Waals surface area contributed by atoms with Crippen LogP contribution in [0, 0.1) is 6.92 Å². The summed E-state index contributed by atoms with van der Waals surface area (Å²) in [7, 11) is 0. The molecule has 3 aromatic rings. The lowest BCUT2D eigenvalue weighted by atomic mass is 10.1. The van der Waals surface area contributed by atoms with Crippen molar-refractivity contribution in [3.8, 4) is 0 Å². The Morgan fingerprint density at radius 2 is 1.94 bits per heavy atom. The third-order valence-electron chi connectivity index (χ3n) is 4.17. The summed E-state index contributed by atoms with van der Waals surface area (Å²) in [4.78, 5) is 37.6. The van der Waals surface area contributed by atoms with E-state index in [-0.39, 0.29) is 13.0 Å². The highest BCUT2D eigenvalue weighted by atomic mass is 16.1. The number of carbonyl (C=O) groups is 2. The first-order valence-electron chi connectivity index (χ1n) is 10.2. The number of hydrogen-bond donors (Lipinski definition) is 2. The molecule has 31 heavy (non-hydrogen) atoms. The number of H-pyrrole nitrogens is 1. The minimum atomic E-state index is 0. The molecule has 0 saturated carbocycles. The summed E-state index contributed by atoms with van der Waals surface area (Å²) in [6.07, 6.45) is 6.37. The van der Waals surface area contributed by atoms with E-state index in [1.807, 2.05) is 57.3 Å². The van der Waals surface area contributed by atoms with Gasteiger partial charge in [0.05, 0.1) is 17.1 Å². The number of Topliss-reactive ketones (excluding diaryl/α,β-unsaturated/α-hetero) is 2. The molecule has 7 heteroatoms. The van der Waals surface area contributed by atoms with Gasteiger partial charge in [-0.1, -0.05) is 13.0 Å². The molecule has 0 radical (unpaired) electrons. The lowest BCUT2D eigenvalue weighted by molar-refractivity contribution is -0.115. The molecule has 3 rings (SSSR count). The third kappa shape index (κ3) is 6.70. The number of aryl methyl sites for hydroxylation is 1. The van der Waals surface area contributed by atoms with Gasteiger partial charge in [0, 0.05) is 37.4 Å². The highest BCUT2D eigenvalue weighted by molar-refractivity contribution is 5.99. The normalized spacial score (nSPS) is 11.4. The zero-order valence-corrected chi connectivity index (χ0v) is 18.9. The van der Waals surface area contributed by atoms with Crippen LogP contribution in [-0.2, 0) is 4.79 Å². The first kappa shape index (κ1) is 23.7. The maximum atomic E-state index is 11.6. The predicted molar refractivity (Wildman–Crippen MR) is 129 cm³/mol. The van der Waals surface area contributed by atoms with Crippen LogP contribution < -0.4 is 5.32 Å². The fraction of sp³-hybridized carbons (Fsp3) is 0.292. The summed E-state index contributed by atoms with van der Waals surface area (Å²) >= 11 is 0. The summed E-state index contributed by atoms with van der Waals surface area (Å²) in [6.45, 7) is 10.6. The van der Waals surface area contributed by atoms with E-state index in [0.29, 0.717) is 11.6 Å². The summed E-state index contributed by atoms with van der Waals surface area (Å²) in [5.74, 6) is 0.683. The quantitative estimate of drug-likeness (QED) is 0.381. The van der Waals surface area contributed by atoms with Crippen LogP contribution in [0.25, 0.3) is 16.6 Å². The fourth-order valence-electron chi connectivity index (χ4n) is 2.86. The van der Waals surface area contributed by atoms with Crippen LogP contribution in [0.1, 0.15) is 64.2 Å². The summed E-state index contributed by atoms with van der Waals surface area (Å²) in [6, 6.07) is 7.69. The Morgan fingerprint density at radius 1 is 1.23 bits per heavy atom. The molecule has 2 N–H and O–H groups in total. The SMILES string of the molecule is C/C=C(\N=CCC)c1ccnc(Nc2cc(C)c3[nH]c(C(C)=O)cc3c2)n1.CC(C)=O.[HH]. The number of benzene rings is 1. The van der Waals surface area contributed by atoms with Crippen molar-refractivity contribution in [1.29, 1.82) is 0 Å². The van der Waals surface area contributed by atoms with Crippen LogP contribution >= 0.6 is 0 Å². The zero-order chi connectivity index (χ0) is 23.0. The van der Waals surface area contributed by atoms with Crippen LogP contribution in [0.4, 0.5) is 11.6 Å². The summed E-state index contributed by atoms with van der Waals surface area (Å²) in [5, 5.41) is 4.22. The molecule has 0 saturated heterocycles. The minimum Gasteiger partial charge on any atom is -0.352 e. The van der Waals surface area contributed by atoms with Gasteiger partial charge < -0.3 is 15.1 Å². The standard InChI is InChI=1S/C21H23N5O.C3H6O.H2/c1-5-8-22-17(6-2)18-7-9-23-21(26-18)24-16-10-13(3)20-15(11-16)12-19(25-20)14(4)27;1-3(2)4;/h6-12,25H,5H2,1-4H3,(H,23,24,26);1-2H3;1H/b17-6-,22-8?;;. The number of fused-ring (bicyclic) bond motifs is 1. The molecule has 0 atom stereocenters. The molecular formula is C24H31N5O2. The van der Waals surface area contributed by atoms with Crippen molar-refractivity contribution in [2.45, 2.75) is 48.0 Å². The number of allylic oxidation sites excluding steroid dienone is 1. The highest BCUT2D eigenvalue weighted by Crippen LogP contribution is 2.26. The lowest BCUT2D eigenvalue weighted by Gasteiger charge is -2.08. The zero-order valence-electron chi connectivity index (χ0n) is 18.9. The van der Waals surface area contributed by atoms with Crippen LogP contribution in [0.15, 0.2) is 41.5 Å². The van der Waals surface area contributed by atoms with E-state index in [1.165, 1.54) is 13.8 Å². The molecular weight excluding hydrogens is 390 g/mol.